The SMILES string of the molecule is COC/C=C/C(=O)N1CCc2nn(-c3ccc(C4CCC4)cc3CC(=O)O)c3c2[C@H](C1)NCC3. The van der Waals surface area contributed by atoms with Crippen LogP contribution < -0.4 is 5.32 Å². The Morgan fingerprint density at radius 1 is 1.29 bits per heavy atom. The number of rotatable bonds is 7. The molecule has 1 fully saturated rings. The highest BCUT2D eigenvalue weighted by atomic mass is 16.5. The minimum absolute atomic E-state index is 0.0145. The molecule has 8 nitrogen and oxygen atoms in total. The Balaban J connectivity index is 1.47. The van der Waals surface area contributed by atoms with E-state index in [1.807, 2.05) is 9.58 Å². The molecule has 2 aliphatic heterocycles. The number of hydrogen-bond donors (Lipinski definition) is 2. The fraction of sp³-hybridized carbons (Fsp3) is 0.500. The van der Waals surface area contributed by atoms with Crippen molar-refractivity contribution in [2.45, 2.75) is 50.5 Å². The average molecular weight is 465 g/mol. The minimum Gasteiger partial charge on any atom is -0.481 e. The maximum atomic E-state index is 12.7. The van der Waals surface area contributed by atoms with E-state index in [1.54, 1.807) is 19.3 Å². The Hall–Kier alpha value is -2.97. The number of carboxylic acids is 1. The van der Waals surface area contributed by atoms with Crippen LogP contribution >= 0.6 is 0 Å². The van der Waals surface area contributed by atoms with E-state index in [0.29, 0.717) is 32.0 Å². The van der Waals surface area contributed by atoms with E-state index in [2.05, 4.69) is 23.5 Å². The zero-order valence-electron chi connectivity index (χ0n) is 19.6. The van der Waals surface area contributed by atoms with Crippen molar-refractivity contribution in [1.29, 1.82) is 0 Å². The number of amides is 1. The molecule has 5 rings (SSSR count). The number of nitrogens with zero attached hydrogens (tertiary/aromatic N) is 3. The van der Waals surface area contributed by atoms with Gasteiger partial charge in [0.05, 0.1) is 36.1 Å². The molecule has 3 heterocycles. The van der Waals surface area contributed by atoms with Gasteiger partial charge in [0, 0.05) is 51.2 Å². The highest BCUT2D eigenvalue weighted by Crippen LogP contribution is 2.38. The molecule has 3 aliphatic rings. The monoisotopic (exact) mass is 464 g/mol. The first-order valence-corrected chi connectivity index (χ1v) is 12.2. The van der Waals surface area contributed by atoms with Gasteiger partial charge in [-0.1, -0.05) is 24.6 Å². The van der Waals surface area contributed by atoms with Gasteiger partial charge in [-0.15, -0.1) is 0 Å². The van der Waals surface area contributed by atoms with Crippen LogP contribution in [0.25, 0.3) is 5.69 Å². The highest BCUT2D eigenvalue weighted by molar-refractivity contribution is 5.87. The number of benzene rings is 1. The lowest BCUT2D eigenvalue weighted by atomic mass is 9.79. The van der Waals surface area contributed by atoms with E-state index in [1.165, 1.54) is 30.4 Å². The van der Waals surface area contributed by atoms with E-state index in [0.717, 1.165) is 35.6 Å². The number of carbonyl (C=O) groups is 2. The summed E-state index contributed by atoms with van der Waals surface area (Å²) in [6.45, 7) is 2.39. The third-order valence-electron chi connectivity index (χ3n) is 7.31. The second kappa shape index (κ2) is 9.72. The van der Waals surface area contributed by atoms with Gasteiger partial charge in [-0.2, -0.15) is 5.10 Å². The Morgan fingerprint density at radius 3 is 2.88 bits per heavy atom. The Labute approximate surface area is 199 Å². The summed E-state index contributed by atoms with van der Waals surface area (Å²) < 4.78 is 6.99. The zero-order chi connectivity index (χ0) is 23.7. The summed E-state index contributed by atoms with van der Waals surface area (Å²) in [5.41, 5.74) is 6.22. The lowest BCUT2D eigenvalue weighted by Gasteiger charge is -2.29. The molecule has 1 aliphatic carbocycles. The van der Waals surface area contributed by atoms with Crippen molar-refractivity contribution in [2.75, 3.05) is 33.4 Å². The van der Waals surface area contributed by atoms with Crippen LogP contribution in [0, 0.1) is 0 Å². The number of nitrogens with one attached hydrogen (secondary N) is 1. The van der Waals surface area contributed by atoms with Gasteiger partial charge < -0.3 is 20.1 Å². The summed E-state index contributed by atoms with van der Waals surface area (Å²) in [7, 11) is 1.61. The smallest absolute Gasteiger partial charge is 0.307 e. The molecule has 1 aromatic carbocycles. The lowest BCUT2D eigenvalue weighted by Crippen LogP contribution is -2.40. The fourth-order valence-corrected chi connectivity index (χ4v) is 5.38. The Bertz CT molecular complexity index is 1120. The van der Waals surface area contributed by atoms with Gasteiger partial charge in [0.2, 0.25) is 5.91 Å². The van der Waals surface area contributed by atoms with Crippen molar-refractivity contribution in [3.63, 3.8) is 0 Å². The first-order chi connectivity index (χ1) is 16.5. The number of methoxy groups -OCH3 is 1. The van der Waals surface area contributed by atoms with Gasteiger partial charge in [0.15, 0.2) is 0 Å². The summed E-state index contributed by atoms with van der Waals surface area (Å²) >= 11 is 0. The molecule has 8 heteroatoms. The van der Waals surface area contributed by atoms with Gasteiger partial charge in [0.25, 0.3) is 0 Å². The van der Waals surface area contributed by atoms with E-state index < -0.39 is 5.97 Å². The summed E-state index contributed by atoms with van der Waals surface area (Å²) in [6, 6.07) is 6.31. The summed E-state index contributed by atoms with van der Waals surface area (Å²) in [5.74, 6) is -0.298. The second-order valence-electron chi connectivity index (χ2n) is 9.45. The number of carbonyl (C=O) groups excluding carboxylic acids is 1. The van der Waals surface area contributed by atoms with Crippen molar-refractivity contribution in [1.82, 2.24) is 20.0 Å². The quantitative estimate of drug-likeness (QED) is 0.612. The number of carboxylic acid groups (broad SMARTS) is 1. The van der Waals surface area contributed by atoms with E-state index in [-0.39, 0.29) is 18.4 Å². The summed E-state index contributed by atoms with van der Waals surface area (Å²) in [5, 5.41) is 18.2. The van der Waals surface area contributed by atoms with Crippen LogP contribution in [-0.2, 0) is 33.6 Å². The molecule has 34 heavy (non-hydrogen) atoms. The molecule has 1 amide bonds. The highest BCUT2D eigenvalue weighted by Gasteiger charge is 2.34. The van der Waals surface area contributed by atoms with Gasteiger partial charge in [-0.05, 0) is 36.0 Å². The average Bonchev–Trinajstić information content (AvgIpc) is 3.03. The van der Waals surface area contributed by atoms with Crippen LogP contribution in [0.2, 0.25) is 0 Å². The molecule has 0 saturated heterocycles. The maximum absolute atomic E-state index is 12.7. The molecular weight excluding hydrogens is 432 g/mol. The van der Waals surface area contributed by atoms with E-state index in [4.69, 9.17) is 9.84 Å². The summed E-state index contributed by atoms with van der Waals surface area (Å²) in [4.78, 5) is 26.2. The maximum Gasteiger partial charge on any atom is 0.307 e. The van der Waals surface area contributed by atoms with Crippen LogP contribution in [0.5, 0.6) is 0 Å². The molecule has 2 N–H and O–H groups in total. The number of aliphatic carboxylic acids is 1. The van der Waals surface area contributed by atoms with Gasteiger partial charge in [-0.3, -0.25) is 9.59 Å². The van der Waals surface area contributed by atoms with Gasteiger partial charge >= 0.3 is 5.97 Å². The molecule has 2 aromatic rings. The Morgan fingerprint density at radius 2 is 2.15 bits per heavy atom. The van der Waals surface area contributed by atoms with Crippen LogP contribution in [0.15, 0.2) is 30.4 Å². The van der Waals surface area contributed by atoms with Crippen molar-refractivity contribution in [3.8, 4) is 5.69 Å². The molecular formula is C26H32N4O4. The number of hydrogen-bond acceptors (Lipinski definition) is 5. The molecule has 1 saturated carbocycles. The normalized spacial score (nSPS) is 20.1. The molecule has 180 valence electrons. The molecule has 0 radical (unpaired) electrons. The molecule has 0 unspecified atom stereocenters. The predicted molar refractivity (Wildman–Crippen MR) is 127 cm³/mol. The largest absolute Gasteiger partial charge is 0.481 e. The van der Waals surface area contributed by atoms with Crippen LogP contribution in [-0.4, -0.2) is 65.0 Å². The van der Waals surface area contributed by atoms with Crippen LogP contribution in [0.3, 0.4) is 0 Å². The van der Waals surface area contributed by atoms with E-state index >= 15 is 0 Å². The van der Waals surface area contributed by atoms with Crippen molar-refractivity contribution in [3.05, 3.63) is 58.4 Å². The third kappa shape index (κ3) is 4.40. The molecule has 1 aromatic heterocycles. The van der Waals surface area contributed by atoms with Crippen molar-refractivity contribution >= 4 is 11.9 Å². The minimum atomic E-state index is -0.829. The number of ether oxygens (including phenoxy) is 1. The fourth-order valence-electron chi connectivity index (χ4n) is 5.38. The van der Waals surface area contributed by atoms with Gasteiger partial charge in [-0.25, -0.2) is 4.68 Å². The van der Waals surface area contributed by atoms with Crippen LogP contribution in [0.4, 0.5) is 0 Å². The van der Waals surface area contributed by atoms with Crippen LogP contribution in [0.1, 0.15) is 59.3 Å². The number of aromatic nitrogens is 2. The molecule has 0 spiro atoms. The standard InChI is InChI=1S/C26H32N4O4/c1-34-13-3-6-24(31)29-12-10-20-26-21(16-29)27-11-9-23(26)30(28-20)22-8-7-18(17-4-2-5-17)14-19(22)15-25(32)33/h3,6-8,14,17,21,27H,2,4-5,9-13,15-16H2,1H3,(H,32,33)/b6-3+/t21-/m0/s1. The molecule has 1 atom stereocenters. The lowest BCUT2D eigenvalue weighted by molar-refractivity contribution is -0.136. The van der Waals surface area contributed by atoms with Gasteiger partial charge in [0.1, 0.15) is 0 Å². The predicted octanol–water partition coefficient (Wildman–Crippen LogP) is 2.54. The Kier molecular flexibility index (Phi) is 6.52. The zero-order valence-corrected chi connectivity index (χ0v) is 19.6. The second-order valence-corrected chi connectivity index (χ2v) is 9.45. The van der Waals surface area contributed by atoms with Crippen molar-refractivity contribution in [2.24, 2.45) is 0 Å². The topological polar surface area (TPSA) is 96.7 Å². The first-order valence-electron chi connectivity index (χ1n) is 12.2. The summed E-state index contributed by atoms with van der Waals surface area (Å²) in [6.07, 6.45) is 8.39. The van der Waals surface area contributed by atoms with Crippen molar-refractivity contribution < 1.29 is 19.4 Å². The molecule has 0 bridgehead atoms. The third-order valence-corrected chi connectivity index (χ3v) is 7.31. The van der Waals surface area contributed by atoms with E-state index in [9.17, 15) is 14.7 Å². The first kappa shape index (κ1) is 22.8.